The molecule has 2 aliphatic rings. The summed E-state index contributed by atoms with van der Waals surface area (Å²) in [6, 6.07) is 2.60. The molecule has 0 saturated carbocycles. The molecule has 2 aromatic rings. The zero-order valence-electron chi connectivity index (χ0n) is 22.8. The minimum absolute atomic E-state index is 0.0523. The molecule has 224 valence electrons. The SMILES string of the molecule is C[C@@H]1CN(c2cc(F)c(-c3cnc(NS(C)(=O)=O)nc3)cc2NC(=O)C2CNC(=O)CC2C(F)(F)F)C[C@H](C)N1C. The number of likely N-dealkylation sites (N-methyl/N-ethyl adjacent to an activating group) is 1. The van der Waals surface area contributed by atoms with E-state index in [0.29, 0.717) is 13.1 Å². The van der Waals surface area contributed by atoms with Crippen molar-refractivity contribution in [1.29, 1.82) is 0 Å². The summed E-state index contributed by atoms with van der Waals surface area (Å²) in [5.74, 6) is -6.47. The Morgan fingerprint density at radius 3 is 2.29 bits per heavy atom. The van der Waals surface area contributed by atoms with E-state index >= 15 is 4.39 Å². The molecule has 2 amide bonds. The molecule has 2 unspecified atom stereocenters. The van der Waals surface area contributed by atoms with Crippen molar-refractivity contribution in [2.45, 2.75) is 38.5 Å². The summed E-state index contributed by atoms with van der Waals surface area (Å²) in [5, 5.41) is 4.89. The third-order valence-corrected chi connectivity index (χ3v) is 8.00. The van der Waals surface area contributed by atoms with Gasteiger partial charge < -0.3 is 15.5 Å². The maximum Gasteiger partial charge on any atom is 0.393 e. The van der Waals surface area contributed by atoms with Crippen molar-refractivity contribution < 1.29 is 35.6 Å². The molecule has 11 nitrogen and oxygen atoms in total. The second kappa shape index (κ2) is 11.4. The summed E-state index contributed by atoms with van der Waals surface area (Å²) >= 11 is 0. The Kier molecular flexibility index (Phi) is 8.45. The van der Waals surface area contributed by atoms with Gasteiger partial charge in [0, 0.05) is 61.7 Å². The van der Waals surface area contributed by atoms with Gasteiger partial charge in [0.05, 0.1) is 29.5 Å². The van der Waals surface area contributed by atoms with E-state index in [1.165, 1.54) is 24.5 Å². The highest BCUT2D eigenvalue weighted by Gasteiger charge is 2.50. The molecule has 3 N–H and O–H groups in total. The normalized spacial score (nSPS) is 24.1. The molecular formula is C25H31F4N7O4S. The molecule has 2 saturated heterocycles. The van der Waals surface area contributed by atoms with Crippen LogP contribution in [0.25, 0.3) is 11.1 Å². The molecule has 16 heteroatoms. The quantitative estimate of drug-likeness (QED) is 0.430. The van der Waals surface area contributed by atoms with Crippen molar-refractivity contribution in [3.8, 4) is 11.1 Å². The largest absolute Gasteiger partial charge is 0.393 e. The molecule has 4 atom stereocenters. The summed E-state index contributed by atoms with van der Waals surface area (Å²) in [6.07, 6.45) is -2.38. The molecule has 1 aromatic heterocycles. The van der Waals surface area contributed by atoms with E-state index in [4.69, 9.17) is 0 Å². The van der Waals surface area contributed by atoms with Crippen LogP contribution >= 0.6 is 0 Å². The number of amides is 2. The first-order valence-electron chi connectivity index (χ1n) is 12.8. The minimum atomic E-state index is -4.78. The predicted octanol–water partition coefficient (Wildman–Crippen LogP) is 2.44. The summed E-state index contributed by atoms with van der Waals surface area (Å²) in [7, 11) is -1.70. The summed E-state index contributed by atoms with van der Waals surface area (Å²) in [5.41, 5.74) is 0.439. The summed E-state index contributed by atoms with van der Waals surface area (Å²) < 4.78 is 81.8. The van der Waals surface area contributed by atoms with Gasteiger partial charge in [-0.3, -0.25) is 19.2 Å². The van der Waals surface area contributed by atoms with Crippen molar-refractivity contribution in [2.75, 3.05) is 47.9 Å². The van der Waals surface area contributed by atoms with Crippen LogP contribution in [0.1, 0.15) is 20.3 Å². The van der Waals surface area contributed by atoms with Crippen LogP contribution in [0.5, 0.6) is 0 Å². The van der Waals surface area contributed by atoms with Crippen molar-refractivity contribution in [2.24, 2.45) is 11.8 Å². The lowest BCUT2D eigenvalue weighted by molar-refractivity contribution is -0.197. The number of piperidine rings is 1. The number of rotatable bonds is 6. The van der Waals surface area contributed by atoms with Gasteiger partial charge in [0.1, 0.15) is 5.82 Å². The van der Waals surface area contributed by atoms with E-state index in [1.807, 2.05) is 25.8 Å². The van der Waals surface area contributed by atoms with E-state index < -0.39 is 58.6 Å². The standard InChI is InChI=1S/C25H31F4N7O4S/c1-13-11-36(12-14(2)35(13)3)21-7-19(26)16(15-8-31-24(32-9-15)34-41(4,39)40)5-20(21)33-23(38)17-10-30-22(37)6-18(17)25(27,28)29/h5,7-9,13-14,17-18H,6,10-12H2,1-4H3,(H,30,37)(H,33,38)(H,31,32,34)/t13-,14+,17?,18?. The van der Waals surface area contributed by atoms with Crippen LogP contribution in [0.2, 0.25) is 0 Å². The van der Waals surface area contributed by atoms with Gasteiger partial charge in [0.15, 0.2) is 0 Å². The molecule has 2 aliphatic heterocycles. The number of alkyl halides is 3. The third-order valence-electron chi connectivity index (χ3n) is 7.45. The number of nitrogens with zero attached hydrogens (tertiary/aromatic N) is 4. The first kappa shape index (κ1) is 30.4. The zero-order chi connectivity index (χ0) is 30.3. The van der Waals surface area contributed by atoms with E-state index in [9.17, 15) is 31.2 Å². The van der Waals surface area contributed by atoms with Crippen LogP contribution in [0.4, 0.5) is 34.9 Å². The molecule has 2 fully saturated rings. The van der Waals surface area contributed by atoms with E-state index in [2.05, 4.69) is 30.2 Å². The Morgan fingerprint density at radius 1 is 1.12 bits per heavy atom. The number of hydrogen-bond acceptors (Lipinski definition) is 8. The smallest absolute Gasteiger partial charge is 0.367 e. The van der Waals surface area contributed by atoms with Crippen molar-refractivity contribution in [3.05, 3.63) is 30.3 Å². The zero-order valence-corrected chi connectivity index (χ0v) is 23.6. The van der Waals surface area contributed by atoms with Gasteiger partial charge >= 0.3 is 6.18 Å². The molecule has 1 aromatic carbocycles. The van der Waals surface area contributed by atoms with Crippen molar-refractivity contribution in [1.82, 2.24) is 20.2 Å². The minimum Gasteiger partial charge on any atom is -0.367 e. The summed E-state index contributed by atoms with van der Waals surface area (Å²) in [6.45, 7) is 4.38. The van der Waals surface area contributed by atoms with Crippen molar-refractivity contribution in [3.63, 3.8) is 0 Å². The van der Waals surface area contributed by atoms with E-state index in [-0.39, 0.29) is 40.5 Å². The fraction of sp³-hybridized carbons (Fsp3) is 0.520. The first-order chi connectivity index (χ1) is 19.0. The lowest BCUT2D eigenvalue weighted by Gasteiger charge is -2.44. The number of hydrogen-bond donors (Lipinski definition) is 3. The Morgan fingerprint density at radius 2 is 1.73 bits per heavy atom. The number of halogens is 4. The number of benzene rings is 1. The molecule has 0 bridgehead atoms. The number of sulfonamides is 1. The first-order valence-corrected chi connectivity index (χ1v) is 14.7. The van der Waals surface area contributed by atoms with Crippen LogP contribution in [0, 0.1) is 17.7 Å². The van der Waals surface area contributed by atoms with Gasteiger partial charge in [0.25, 0.3) is 0 Å². The van der Waals surface area contributed by atoms with Gasteiger partial charge in [-0.2, -0.15) is 13.2 Å². The highest BCUT2D eigenvalue weighted by molar-refractivity contribution is 7.91. The molecule has 3 heterocycles. The maximum atomic E-state index is 15.6. The summed E-state index contributed by atoms with van der Waals surface area (Å²) in [4.78, 5) is 36.8. The Labute approximate surface area is 234 Å². The fourth-order valence-electron chi connectivity index (χ4n) is 5.06. The fourth-order valence-corrected chi connectivity index (χ4v) is 5.49. The van der Waals surface area contributed by atoms with Gasteiger partial charge in [0.2, 0.25) is 27.8 Å². The van der Waals surface area contributed by atoms with Crippen LogP contribution in [0.3, 0.4) is 0 Å². The third kappa shape index (κ3) is 7.04. The topological polar surface area (TPSA) is 137 Å². The second-order valence-electron chi connectivity index (χ2n) is 10.5. The molecule has 4 rings (SSSR count). The monoisotopic (exact) mass is 601 g/mol. The number of nitrogens with one attached hydrogen (secondary N) is 3. The van der Waals surface area contributed by atoms with Crippen LogP contribution in [-0.4, -0.2) is 86.3 Å². The average Bonchev–Trinajstić information content (AvgIpc) is 2.86. The molecule has 0 aliphatic carbocycles. The van der Waals surface area contributed by atoms with E-state index in [1.54, 1.807) is 0 Å². The lowest BCUT2D eigenvalue weighted by Crippen LogP contribution is -2.55. The second-order valence-corrected chi connectivity index (χ2v) is 12.3. The Balaban J connectivity index is 1.73. The number of piperazine rings is 1. The lowest BCUT2D eigenvalue weighted by atomic mass is 9.84. The molecule has 41 heavy (non-hydrogen) atoms. The highest BCUT2D eigenvalue weighted by atomic mass is 32.2. The van der Waals surface area contributed by atoms with Gasteiger partial charge in [-0.1, -0.05) is 0 Å². The number of carbonyl (C=O) groups is 2. The predicted molar refractivity (Wildman–Crippen MR) is 144 cm³/mol. The van der Waals surface area contributed by atoms with Gasteiger partial charge in [-0.05, 0) is 33.0 Å². The molecule has 0 spiro atoms. The number of aromatic nitrogens is 2. The maximum absolute atomic E-state index is 15.6. The molecular weight excluding hydrogens is 570 g/mol. The van der Waals surface area contributed by atoms with Gasteiger partial charge in [-0.15, -0.1) is 0 Å². The molecule has 0 radical (unpaired) electrons. The Bertz CT molecular complexity index is 1410. The number of carbonyl (C=O) groups excluding carboxylic acids is 2. The average molecular weight is 602 g/mol. The Hall–Kier alpha value is -3.53. The van der Waals surface area contributed by atoms with Crippen molar-refractivity contribution >= 4 is 39.2 Å². The number of anilines is 3. The van der Waals surface area contributed by atoms with Gasteiger partial charge in [-0.25, -0.2) is 22.8 Å². The van der Waals surface area contributed by atoms with Crippen LogP contribution < -0.4 is 20.3 Å². The van der Waals surface area contributed by atoms with Crippen LogP contribution in [-0.2, 0) is 19.6 Å². The van der Waals surface area contributed by atoms with Crippen LogP contribution in [0.15, 0.2) is 24.5 Å². The van der Waals surface area contributed by atoms with E-state index in [0.717, 1.165) is 6.26 Å². The highest BCUT2D eigenvalue weighted by Crippen LogP contribution is 2.39.